The predicted molar refractivity (Wildman–Crippen MR) is 70.6 cm³/mol. The molecule has 2 heterocycles. The fraction of sp³-hybridized carbons (Fsp3) is 0.600. The second kappa shape index (κ2) is 5.70. The van der Waals surface area contributed by atoms with Gasteiger partial charge in [-0.3, -0.25) is 4.79 Å². The lowest BCUT2D eigenvalue weighted by Crippen LogP contribution is -2.21. The van der Waals surface area contributed by atoms with Crippen LogP contribution >= 0.6 is 23.1 Å². The standard InChI is InChI=1S/C10H15N3O2S2/c11-8(9(14)15)7-5-17-10(13-7)12-3-6-1-2-16-4-6/h5-6,8H,1-4,11H2,(H,12,13)(H,14,15). The minimum Gasteiger partial charge on any atom is -0.480 e. The molecule has 0 saturated carbocycles. The third-order valence-electron chi connectivity index (χ3n) is 2.67. The zero-order valence-electron chi connectivity index (χ0n) is 9.26. The van der Waals surface area contributed by atoms with E-state index in [9.17, 15) is 4.79 Å². The highest BCUT2D eigenvalue weighted by molar-refractivity contribution is 7.99. The van der Waals surface area contributed by atoms with E-state index in [1.807, 2.05) is 11.8 Å². The Morgan fingerprint density at radius 3 is 3.24 bits per heavy atom. The largest absolute Gasteiger partial charge is 0.480 e. The number of nitrogens with zero attached hydrogens (tertiary/aromatic N) is 1. The monoisotopic (exact) mass is 273 g/mol. The number of carboxylic acid groups (broad SMARTS) is 1. The topological polar surface area (TPSA) is 88.2 Å². The van der Waals surface area contributed by atoms with Gasteiger partial charge in [0.1, 0.15) is 6.04 Å². The second-order valence-electron chi connectivity index (χ2n) is 4.00. The third kappa shape index (κ3) is 3.34. The van der Waals surface area contributed by atoms with Crippen LogP contribution in [0.2, 0.25) is 0 Å². The Hall–Kier alpha value is -0.790. The molecule has 2 unspecified atom stereocenters. The summed E-state index contributed by atoms with van der Waals surface area (Å²) in [5.41, 5.74) is 5.90. The number of nitrogens with two attached hydrogens (primary N) is 1. The van der Waals surface area contributed by atoms with Crippen molar-refractivity contribution in [1.82, 2.24) is 4.98 Å². The van der Waals surface area contributed by atoms with Gasteiger partial charge in [0.2, 0.25) is 0 Å². The molecule has 4 N–H and O–H groups in total. The van der Waals surface area contributed by atoms with Gasteiger partial charge in [-0.2, -0.15) is 11.8 Å². The first-order chi connectivity index (χ1) is 8.16. The zero-order chi connectivity index (χ0) is 12.3. The van der Waals surface area contributed by atoms with Gasteiger partial charge < -0.3 is 16.2 Å². The number of aromatic nitrogens is 1. The van der Waals surface area contributed by atoms with Crippen molar-refractivity contribution >= 4 is 34.2 Å². The highest BCUT2D eigenvalue weighted by Crippen LogP contribution is 2.25. The number of carboxylic acids is 1. The summed E-state index contributed by atoms with van der Waals surface area (Å²) in [6.07, 6.45) is 1.24. The maximum atomic E-state index is 10.7. The van der Waals surface area contributed by atoms with E-state index in [0.29, 0.717) is 11.6 Å². The lowest BCUT2D eigenvalue weighted by molar-refractivity contribution is -0.138. The number of aliphatic carboxylic acids is 1. The fourth-order valence-corrected chi connectivity index (χ4v) is 3.65. The Balaban J connectivity index is 1.87. The summed E-state index contributed by atoms with van der Waals surface area (Å²) in [6.45, 7) is 0.905. The van der Waals surface area contributed by atoms with Crippen molar-refractivity contribution in [3.05, 3.63) is 11.1 Å². The average molecular weight is 273 g/mol. The van der Waals surface area contributed by atoms with Crippen molar-refractivity contribution in [3.63, 3.8) is 0 Å². The predicted octanol–water partition coefficient (Wildman–Crippen LogP) is 1.39. The molecule has 0 radical (unpaired) electrons. The summed E-state index contributed by atoms with van der Waals surface area (Å²) in [4.78, 5) is 14.9. The van der Waals surface area contributed by atoms with Gasteiger partial charge in [-0.1, -0.05) is 0 Å². The first kappa shape index (κ1) is 12.7. The first-order valence-corrected chi connectivity index (χ1v) is 7.45. The summed E-state index contributed by atoms with van der Waals surface area (Å²) in [7, 11) is 0. The molecule has 0 aromatic carbocycles. The number of hydrogen-bond donors (Lipinski definition) is 3. The summed E-state index contributed by atoms with van der Waals surface area (Å²) in [6, 6.07) is -1.02. The molecule has 7 heteroatoms. The molecule has 1 aliphatic rings. The van der Waals surface area contributed by atoms with Gasteiger partial charge in [0.15, 0.2) is 5.13 Å². The van der Waals surface area contributed by atoms with Crippen LogP contribution in [0.25, 0.3) is 0 Å². The zero-order valence-corrected chi connectivity index (χ0v) is 10.9. The van der Waals surface area contributed by atoms with E-state index in [0.717, 1.165) is 11.7 Å². The normalized spacial score (nSPS) is 21.4. The maximum absolute atomic E-state index is 10.7. The molecule has 1 saturated heterocycles. The van der Waals surface area contributed by atoms with Crippen LogP contribution in [-0.2, 0) is 4.79 Å². The molecule has 0 amide bonds. The van der Waals surface area contributed by atoms with Crippen LogP contribution < -0.4 is 11.1 Å². The number of nitrogens with one attached hydrogen (secondary N) is 1. The van der Waals surface area contributed by atoms with Crippen molar-refractivity contribution < 1.29 is 9.90 Å². The lowest BCUT2D eigenvalue weighted by Gasteiger charge is -2.08. The fourth-order valence-electron chi connectivity index (χ4n) is 1.61. The Morgan fingerprint density at radius 2 is 2.59 bits per heavy atom. The van der Waals surface area contributed by atoms with Gasteiger partial charge in [0.05, 0.1) is 5.69 Å². The van der Waals surface area contributed by atoms with Gasteiger partial charge in [-0.05, 0) is 23.8 Å². The summed E-state index contributed by atoms with van der Waals surface area (Å²) in [5, 5.41) is 14.5. The van der Waals surface area contributed by atoms with Gasteiger partial charge in [0.25, 0.3) is 0 Å². The van der Waals surface area contributed by atoms with Crippen molar-refractivity contribution in [2.75, 3.05) is 23.4 Å². The Kier molecular flexibility index (Phi) is 4.25. The Labute approximate surface area is 108 Å². The van der Waals surface area contributed by atoms with Gasteiger partial charge in [0, 0.05) is 11.9 Å². The third-order valence-corrected chi connectivity index (χ3v) is 4.72. The average Bonchev–Trinajstić information content (AvgIpc) is 2.96. The van der Waals surface area contributed by atoms with Crippen LogP contribution in [0, 0.1) is 5.92 Å². The molecule has 0 spiro atoms. The Bertz CT molecular complexity index is 391. The number of hydrogen-bond acceptors (Lipinski definition) is 6. The first-order valence-electron chi connectivity index (χ1n) is 5.42. The second-order valence-corrected chi connectivity index (χ2v) is 6.01. The van der Waals surface area contributed by atoms with E-state index in [-0.39, 0.29) is 0 Å². The highest BCUT2D eigenvalue weighted by Gasteiger charge is 2.19. The van der Waals surface area contributed by atoms with Crippen LogP contribution in [0.5, 0.6) is 0 Å². The van der Waals surface area contributed by atoms with E-state index in [4.69, 9.17) is 10.8 Å². The van der Waals surface area contributed by atoms with Gasteiger partial charge in [-0.25, -0.2) is 4.98 Å². The smallest absolute Gasteiger partial charge is 0.326 e. The van der Waals surface area contributed by atoms with E-state index in [2.05, 4.69) is 10.3 Å². The number of thioether (sulfide) groups is 1. The SMILES string of the molecule is NC(C(=O)O)c1csc(NCC2CCSC2)n1. The summed E-state index contributed by atoms with van der Waals surface area (Å²) < 4.78 is 0. The minimum atomic E-state index is -1.05. The van der Waals surface area contributed by atoms with Crippen LogP contribution in [0.3, 0.4) is 0 Å². The molecule has 17 heavy (non-hydrogen) atoms. The lowest BCUT2D eigenvalue weighted by atomic mass is 10.1. The molecule has 2 rings (SSSR count). The molecule has 1 aromatic heterocycles. The number of thiazole rings is 1. The Morgan fingerprint density at radius 1 is 1.76 bits per heavy atom. The molecule has 94 valence electrons. The molecular formula is C10H15N3O2S2. The van der Waals surface area contributed by atoms with Crippen LogP contribution in [-0.4, -0.2) is 34.1 Å². The highest BCUT2D eigenvalue weighted by atomic mass is 32.2. The molecule has 5 nitrogen and oxygen atoms in total. The quantitative estimate of drug-likeness (QED) is 0.751. The van der Waals surface area contributed by atoms with Crippen LogP contribution in [0.15, 0.2) is 5.38 Å². The van der Waals surface area contributed by atoms with Crippen molar-refractivity contribution in [2.45, 2.75) is 12.5 Å². The molecule has 1 aromatic rings. The van der Waals surface area contributed by atoms with E-state index >= 15 is 0 Å². The van der Waals surface area contributed by atoms with E-state index in [1.165, 1.54) is 29.3 Å². The van der Waals surface area contributed by atoms with Gasteiger partial charge in [-0.15, -0.1) is 11.3 Å². The van der Waals surface area contributed by atoms with Crippen LogP contribution in [0.1, 0.15) is 18.2 Å². The van der Waals surface area contributed by atoms with Crippen molar-refractivity contribution in [3.8, 4) is 0 Å². The van der Waals surface area contributed by atoms with Gasteiger partial charge >= 0.3 is 5.97 Å². The summed E-state index contributed by atoms with van der Waals surface area (Å²) >= 11 is 3.38. The van der Waals surface area contributed by atoms with Crippen LogP contribution in [0.4, 0.5) is 5.13 Å². The summed E-state index contributed by atoms with van der Waals surface area (Å²) in [5.74, 6) is 2.08. The number of rotatable bonds is 5. The van der Waals surface area contributed by atoms with E-state index in [1.54, 1.807) is 5.38 Å². The number of carbonyl (C=O) groups is 1. The maximum Gasteiger partial charge on any atom is 0.326 e. The molecule has 1 aliphatic heterocycles. The number of anilines is 1. The minimum absolute atomic E-state index is 0.422. The van der Waals surface area contributed by atoms with E-state index < -0.39 is 12.0 Å². The van der Waals surface area contributed by atoms with Crippen molar-refractivity contribution in [1.29, 1.82) is 0 Å². The molecule has 0 aliphatic carbocycles. The molecule has 2 atom stereocenters. The molecule has 1 fully saturated rings. The van der Waals surface area contributed by atoms with Crippen molar-refractivity contribution in [2.24, 2.45) is 11.7 Å². The molecule has 0 bridgehead atoms. The molecular weight excluding hydrogens is 258 g/mol.